The molecule has 0 aliphatic carbocycles. The minimum atomic E-state index is -0.182. The third-order valence-corrected chi connectivity index (χ3v) is 4.31. The summed E-state index contributed by atoms with van der Waals surface area (Å²) >= 11 is 0. The number of rotatable bonds is 7. The van der Waals surface area contributed by atoms with Crippen LogP contribution in [0.1, 0.15) is 25.7 Å². The molecule has 1 saturated heterocycles. The molecule has 0 spiro atoms. The maximum Gasteiger partial charge on any atom is 0.319 e. The van der Waals surface area contributed by atoms with E-state index in [1.165, 1.54) is 0 Å². The summed E-state index contributed by atoms with van der Waals surface area (Å²) in [5.74, 6) is -0.00373. The average Bonchev–Trinajstić information content (AvgIpc) is 2.59. The predicted molar refractivity (Wildman–Crippen MR) is 101 cm³/mol. The van der Waals surface area contributed by atoms with E-state index in [-0.39, 0.29) is 18.0 Å². The Morgan fingerprint density at radius 2 is 1.68 bits per heavy atom. The number of nitrogens with zero attached hydrogens (tertiary/aromatic N) is 1. The van der Waals surface area contributed by atoms with Crippen LogP contribution in [0.3, 0.4) is 0 Å². The number of hydrogen-bond donors (Lipinski definition) is 4. The van der Waals surface area contributed by atoms with Crippen molar-refractivity contribution >= 4 is 23.3 Å². The molecular weight excluding hydrogens is 318 g/mol. The van der Waals surface area contributed by atoms with Gasteiger partial charge in [0.15, 0.2) is 0 Å². The first kappa shape index (κ1) is 19.2. The molecule has 25 heavy (non-hydrogen) atoms. The Morgan fingerprint density at radius 3 is 2.28 bits per heavy atom. The Hall–Kier alpha value is -2.12. The summed E-state index contributed by atoms with van der Waals surface area (Å²) in [4.78, 5) is 26.1. The fourth-order valence-corrected chi connectivity index (χ4v) is 2.79. The van der Waals surface area contributed by atoms with Gasteiger partial charge in [0, 0.05) is 23.8 Å². The van der Waals surface area contributed by atoms with E-state index < -0.39 is 0 Å². The van der Waals surface area contributed by atoms with Gasteiger partial charge in [-0.3, -0.25) is 4.79 Å². The summed E-state index contributed by atoms with van der Waals surface area (Å²) in [7, 11) is 3.96. The Morgan fingerprint density at radius 1 is 1.08 bits per heavy atom. The summed E-state index contributed by atoms with van der Waals surface area (Å²) in [5.41, 5.74) is 1.44. The number of carbonyl (C=O) groups is 2. The van der Waals surface area contributed by atoms with Crippen molar-refractivity contribution in [3.8, 4) is 0 Å². The summed E-state index contributed by atoms with van der Waals surface area (Å²) in [5, 5.41) is 11.7. The Kier molecular flexibility index (Phi) is 7.69. The third kappa shape index (κ3) is 7.11. The van der Waals surface area contributed by atoms with Crippen LogP contribution in [0.4, 0.5) is 16.2 Å². The zero-order valence-electron chi connectivity index (χ0n) is 15.1. The van der Waals surface area contributed by atoms with Crippen LogP contribution in [0.15, 0.2) is 24.3 Å². The smallest absolute Gasteiger partial charge is 0.319 e. The normalized spacial score (nSPS) is 15.6. The molecule has 4 N–H and O–H groups in total. The lowest BCUT2D eigenvalue weighted by Crippen LogP contribution is -2.44. The molecule has 1 aromatic carbocycles. The van der Waals surface area contributed by atoms with Crippen LogP contribution in [0.5, 0.6) is 0 Å². The van der Waals surface area contributed by atoms with E-state index in [9.17, 15) is 9.59 Å². The molecule has 0 atom stereocenters. The maximum absolute atomic E-state index is 12.1. The lowest BCUT2D eigenvalue weighted by Gasteiger charge is -2.29. The Bertz CT molecular complexity index is 553. The number of amides is 3. The monoisotopic (exact) mass is 347 g/mol. The van der Waals surface area contributed by atoms with Crippen LogP contribution in [0.2, 0.25) is 0 Å². The standard InChI is InChI=1S/C18H29N5O2/c1-19-11-3-4-17(24)20-14-5-7-15(8-6-14)21-18(25)22-16-9-12-23(2)13-10-16/h5-8,16,19H,3-4,9-13H2,1-2H3,(H,20,24)(H2,21,22,25). The van der Waals surface area contributed by atoms with Gasteiger partial charge < -0.3 is 26.2 Å². The van der Waals surface area contributed by atoms with Crippen molar-refractivity contribution < 1.29 is 9.59 Å². The van der Waals surface area contributed by atoms with E-state index in [0.717, 1.165) is 44.6 Å². The number of nitrogens with one attached hydrogen (secondary N) is 4. The Balaban J connectivity index is 1.74. The van der Waals surface area contributed by atoms with Crippen molar-refractivity contribution in [3.63, 3.8) is 0 Å². The number of hydrogen-bond acceptors (Lipinski definition) is 4. The van der Waals surface area contributed by atoms with E-state index in [1.807, 2.05) is 7.05 Å². The van der Waals surface area contributed by atoms with E-state index in [1.54, 1.807) is 24.3 Å². The van der Waals surface area contributed by atoms with Crippen molar-refractivity contribution in [2.45, 2.75) is 31.7 Å². The highest BCUT2D eigenvalue weighted by Gasteiger charge is 2.18. The second-order valence-corrected chi connectivity index (χ2v) is 6.51. The van der Waals surface area contributed by atoms with Gasteiger partial charge in [0.1, 0.15) is 0 Å². The van der Waals surface area contributed by atoms with Crippen LogP contribution in [0, 0.1) is 0 Å². The average molecular weight is 347 g/mol. The molecule has 2 rings (SSSR count). The number of urea groups is 1. The molecule has 0 bridgehead atoms. The highest BCUT2D eigenvalue weighted by Crippen LogP contribution is 2.14. The van der Waals surface area contributed by atoms with Gasteiger partial charge in [-0.25, -0.2) is 4.79 Å². The maximum atomic E-state index is 12.1. The topological polar surface area (TPSA) is 85.5 Å². The highest BCUT2D eigenvalue weighted by atomic mass is 16.2. The minimum absolute atomic E-state index is 0.00373. The molecular formula is C18H29N5O2. The predicted octanol–water partition coefficient (Wildman–Crippen LogP) is 1.84. The SMILES string of the molecule is CNCCCC(=O)Nc1ccc(NC(=O)NC2CCN(C)CC2)cc1. The second kappa shape index (κ2) is 10.0. The summed E-state index contributed by atoms with van der Waals surface area (Å²) in [6, 6.07) is 7.21. The van der Waals surface area contributed by atoms with E-state index >= 15 is 0 Å². The Labute approximate surface area is 149 Å². The molecule has 7 nitrogen and oxygen atoms in total. The third-order valence-electron chi connectivity index (χ3n) is 4.31. The first-order valence-electron chi connectivity index (χ1n) is 8.87. The molecule has 3 amide bonds. The molecule has 138 valence electrons. The number of anilines is 2. The van der Waals surface area contributed by atoms with Crippen molar-refractivity contribution in [1.29, 1.82) is 0 Å². The van der Waals surface area contributed by atoms with Gasteiger partial charge in [0.25, 0.3) is 0 Å². The summed E-state index contributed by atoms with van der Waals surface area (Å²) < 4.78 is 0. The molecule has 1 aliphatic rings. The molecule has 0 radical (unpaired) electrons. The summed E-state index contributed by atoms with van der Waals surface area (Å²) in [6.07, 6.45) is 3.24. The zero-order chi connectivity index (χ0) is 18.1. The lowest BCUT2D eigenvalue weighted by atomic mass is 10.1. The molecule has 7 heteroatoms. The van der Waals surface area contributed by atoms with E-state index in [0.29, 0.717) is 12.1 Å². The van der Waals surface area contributed by atoms with Gasteiger partial charge in [-0.2, -0.15) is 0 Å². The molecule has 1 aromatic rings. The quantitative estimate of drug-likeness (QED) is 0.567. The summed E-state index contributed by atoms with van der Waals surface area (Å²) in [6.45, 7) is 2.84. The van der Waals surface area contributed by atoms with Crippen LogP contribution < -0.4 is 21.3 Å². The first-order chi connectivity index (χ1) is 12.1. The number of likely N-dealkylation sites (tertiary alicyclic amines) is 1. The van der Waals surface area contributed by atoms with Gasteiger partial charge in [-0.15, -0.1) is 0 Å². The van der Waals surface area contributed by atoms with E-state index in [4.69, 9.17) is 0 Å². The largest absolute Gasteiger partial charge is 0.335 e. The van der Waals surface area contributed by atoms with Crippen LogP contribution in [0.25, 0.3) is 0 Å². The number of piperidine rings is 1. The van der Waals surface area contributed by atoms with Crippen molar-refractivity contribution in [1.82, 2.24) is 15.5 Å². The molecule has 0 saturated carbocycles. The molecule has 1 heterocycles. The van der Waals surface area contributed by atoms with Crippen molar-refractivity contribution in [3.05, 3.63) is 24.3 Å². The molecule has 1 fully saturated rings. The molecule has 0 unspecified atom stereocenters. The fourth-order valence-electron chi connectivity index (χ4n) is 2.79. The van der Waals surface area contributed by atoms with Gasteiger partial charge >= 0.3 is 6.03 Å². The van der Waals surface area contributed by atoms with Crippen LogP contribution in [-0.4, -0.2) is 56.6 Å². The number of benzene rings is 1. The first-order valence-corrected chi connectivity index (χ1v) is 8.87. The van der Waals surface area contributed by atoms with E-state index in [2.05, 4.69) is 33.2 Å². The highest BCUT2D eigenvalue weighted by molar-refractivity contribution is 5.92. The van der Waals surface area contributed by atoms with Gasteiger partial charge in [0.2, 0.25) is 5.91 Å². The lowest BCUT2D eigenvalue weighted by molar-refractivity contribution is -0.116. The fraction of sp³-hybridized carbons (Fsp3) is 0.556. The van der Waals surface area contributed by atoms with Gasteiger partial charge in [-0.05, 0) is 77.3 Å². The molecule has 0 aromatic heterocycles. The molecule has 1 aliphatic heterocycles. The second-order valence-electron chi connectivity index (χ2n) is 6.51. The minimum Gasteiger partial charge on any atom is -0.335 e. The van der Waals surface area contributed by atoms with Crippen molar-refractivity contribution in [2.75, 3.05) is 44.4 Å². The van der Waals surface area contributed by atoms with Gasteiger partial charge in [-0.1, -0.05) is 0 Å². The van der Waals surface area contributed by atoms with Crippen LogP contribution >= 0.6 is 0 Å². The van der Waals surface area contributed by atoms with Crippen LogP contribution in [-0.2, 0) is 4.79 Å². The number of carbonyl (C=O) groups excluding carboxylic acids is 2. The van der Waals surface area contributed by atoms with Gasteiger partial charge in [0.05, 0.1) is 0 Å². The van der Waals surface area contributed by atoms with Crippen molar-refractivity contribution in [2.24, 2.45) is 0 Å². The zero-order valence-corrected chi connectivity index (χ0v) is 15.1.